The molecule has 0 aliphatic rings. The fourth-order valence-corrected chi connectivity index (χ4v) is 5.53. The van der Waals surface area contributed by atoms with Gasteiger partial charge < -0.3 is 24.9 Å². The zero-order valence-corrected chi connectivity index (χ0v) is 28.0. The molecule has 7 heteroatoms. The third-order valence-corrected chi connectivity index (χ3v) is 8.09. The normalized spacial score (nSPS) is 13.4. The second-order valence-electron chi connectivity index (χ2n) is 11.6. The van der Waals surface area contributed by atoms with Crippen LogP contribution in [0.2, 0.25) is 0 Å². The van der Waals surface area contributed by atoms with Gasteiger partial charge in [-0.3, -0.25) is 4.79 Å². The molecule has 4 N–H and O–H groups in total. The summed E-state index contributed by atoms with van der Waals surface area (Å²) in [5.74, 6) is 0.771. The zero-order valence-electron chi connectivity index (χ0n) is 27.1. The van der Waals surface area contributed by atoms with Gasteiger partial charge in [-0.2, -0.15) is 0 Å². The highest BCUT2D eigenvalue weighted by atomic mass is 31.2. The Balaban J connectivity index is 0.00000924. The van der Waals surface area contributed by atoms with Crippen LogP contribution >= 0.6 is 7.60 Å². The van der Waals surface area contributed by atoms with E-state index in [0.717, 1.165) is 49.2 Å². The molecule has 0 heterocycles. The van der Waals surface area contributed by atoms with Crippen LogP contribution in [0.5, 0.6) is 5.75 Å². The first-order valence-corrected chi connectivity index (χ1v) is 18.2. The Morgan fingerprint density at radius 3 is 2.00 bits per heavy atom. The van der Waals surface area contributed by atoms with Gasteiger partial charge in [0, 0.05) is 19.5 Å². The molecule has 0 aliphatic carbocycles. The van der Waals surface area contributed by atoms with Gasteiger partial charge in [0.2, 0.25) is 0 Å². The number of hydrogen-bond acceptors (Lipinski definition) is 5. The van der Waals surface area contributed by atoms with Crippen molar-refractivity contribution in [1.29, 1.82) is 0 Å². The lowest BCUT2D eigenvalue weighted by atomic mass is 9.93. The summed E-state index contributed by atoms with van der Waals surface area (Å²) >= 11 is 0. The number of hydrogen-bond donors (Lipinski definition) is 1. The SMILES string of the molecule is CCCCCCCC/C=C\CCCCCCCC(=O)C[C@H](COP(C)(=O)[O-])Cc1ccc(OCc2ccccc2)cc1.[NH4+]. The minimum atomic E-state index is -3.85. The zero-order chi connectivity index (χ0) is 30.3. The van der Waals surface area contributed by atoms with Crippen molar-refractivity contribution in [2.75, 3.05) is 13.3 Å². The van der Waals surface area contributed by atoms with Gasteiger partial charge in [-0.15, -0.1) is 0 Å². The Kier molecular flexibility index (Phi) is 21.8. The first-order chi connectivity index (χ1) is 20.4. The van der Waals surface area contributed by atoms with Crippen LogP contribution in [0.4, 0.5) is 0 Å². The van der Waals surface area contributed by atoms with Gasteiger partial charge >= 0.3 is 0 Å². The second kappa shape index (κ2) is 24.1. The predicted molar refractivity (Wildman–Crippen MR) is 179 cm³/mol. The van der Waals surface area contributed by atoms with Crippen molar-refractivity contribution in [2.45, 2.75) is 116 Å². The molecule has 0 saturated heterocycles. The number of carbonyl (C=O) groups is 1. The lowest BCUT2D eigenvalue weighted by Gasteiger charge is -2.23. The highest BCUT2D eigenvalue weighted by Crippen LogP contribution is 2.33. The molecule has 2 aromatic rings. The van der Waals surface area contributed by atoms with E-state index < -0.39 is 7.60 Å². The van der Waals surface area contributed by atoms with Crippen LogP contribution in [0.25, 0.3) is 0 Å². The van der Waals surface area contributed by atoms with E-state index in [2.05, 4.69) is 19.1 Å². The standard InChI is InChI=1S/C36H55O5P.H3N/c1-3-4-5-6-7-8-9-10-11-12-13-14-15-16-20-23-35(37)29-34(31-41-42(2,38)39)28-32-24-26-36(27-25-32)40-30-33-21-18-17-19-22-33;/h10-11,17-19,21-22,24-27,34H,3-9,12-16,20,23,28-31H2,1-2H3,(H,38,39);1H3/b11-10-;/t34-;/m1./s1. The summed E-state index contributed by atoms with van der Waals surface area (Å²) in [6, 6.07) is 17.8. The maximum Gasteiger partial charge on any atom is 0.133 e. The number of unbranched alkanes of at least 4 members (excludes halogenated alkanes) is 11. The molecule has 0 aromatic heterocycles. The Morgan fingerprint density at radius 2 is 1.40 bits per heavy atom. The summed E-state index contributed by atoms with van der Waals surface area (Å²) in [6.45, 7) is 3.86. The van der Waals surface area contributed by atoms with Crippen molar-refractivity contribution < 1.29 is 23.5 Å². The van der Waals surface area contributed by atoms with Crippen LogP contribution < -0.4 is 15.8 Å². The highest BCUT2D eigenvalue weighted by molar-refractivity contribution is 7.50. The van der Waals surface area contributed by atoms with E-state index in [1.165, 1.54) is 57.8 Å². The average molecular weight is 616 g/mol. The molecular weight excluding hydrogens is 557 g/mol. The van der Waals surface area contributed by atoms with Crippen LogP contribution in [0.1, 0.15) is 114 Å². The molecule has 0 fully saturated rings. The van der Waals surface area contributed by atoms with E-state index in [0.29, 0.717) is 25.9 Å². The molecular formula is C36H58NO5P. The Morgan fingerprint density at radius 1 is 0.814 bits per heavy atom. The molecule has 0 spiro atoms. The maximum absolute atomic E-state index is 12.7. The Hall–Kier alpha value is -2.24. The number of quaternary nitrogens is 1. The summed E-state index contributed by atoms with van der Waals surface area (Å²) in [6.07, 6.45) is 22.1. The second-order valence-corrected chi connectivity index (χ2v) is 13.4. The third-order valence-electron chi connectivity index (χ3n) is 7.47. The fourth-order valence-electron chi connectivity index (χ4n) is 5.04. The van der Waals surface area contributed by atoms with Crippen molar-refractivity contribution in [3.63, 3.8) is 0 Å². The fraction of sp³-hybridized carbons (Fsp3) is 0.583. The van der Waals surface area contributed by atoms with Crippen molar-refractivity contribution in [3.8, 4) is 5.75 Å². The number of allylic oxidation sites excluding steroid dienone is 2. The summed E-state index contributed by atoms with van der Waals surface area (Å²) in [4.78, 5) is 24.4. The summed E-state index contributed by atoms with van der Waals surface area (Å²) in [5.41, 5.74) is 2.13. The van der Waals surface area contributed by atoms with E-state index >= 15 is 0 Å². The van der Waals surface area contributed by atoms with E-state index in [-0.39, 0.29) is 24.5 Å². The Labute approximate surface area is 261 Å². The van der Waals surface area contributed by atoms with Gasteiger partial charge in [-0.25, -0.2) is 0 Å². The number of rotatable bonds is 25. The maximum atomic E-state index is 12.7. The lowest BCUT2D eigenvalue weighted by molar-refractivity contribution is -0.197. The molecule has 0 bridgehead atoms. The number of ketones is 1. The molecule has 0 saturated carbocycles. The monoisotopic (exact) mass is 615 g/mol. The van der Waals surface area contributed by atoms with Crippen LogP contribution in [0.15, 0.2) is 66.7 Å². The number of carbonyl (C=O) groups excluding carboxylic acids is 1. The minimum Gasteiger partial charge on any atom is -0.779 e. The van der Waals surface area contributed by atoms with Gasteiger partial charge in [0.25, 0.3) is 0 Å². The minimum absolute atomic E-state index is 0. The van der Waals surface area contributed by atoms with Gasteiger partial charge in [0.1, 0.15) is 25.7 Å². The van der Waals surface area contributed by atoms with E-state index in [4.69, 9.17) is 9.26 Å². The molecule has 0 aliphatic heterocycles. The molecule has 1 unspecified atom stereocenters. The van der Waals surface area contributed by atoms with E-state index in [9.17, 15) is 14.3 Å². The molecule has 0 radical (unpaired) electrons. The molecule has 0 amide bonds. The van der Waals surface area contributed by atoms with Crippen LogP contribution in [-0.4, -0.2) is 19.1 Å². The smallest absolute Gasteiger partial charge is 0.133 e. The van der Waals surface area contributed by atoms with Crippen LogP contribution in [0.3, 0.4) is 0 Å². The van der Waals surface area contributed by atoms with Crippen molar-refractivity contribution in [3.05, 3.63) is 77.9 Å². The average Bonchev–Trinajstić information content (AvgIpc) is 2.97. The van der Waals surface area contributed by atoms with Crippen molar-refractivity contribution in [1.82, 2.24) is 6.15 Å². The first-order valence-electron chi connectivity index (χ1n) is 16.2. The van der Waals surface area contributed by atoms with E-state index in [1.54, 1.807) is 0 Å². The van der Waals surface area contributed by atoms with Gasteiger partial charge in [-0.05, 0) is 67.7 Å². The highest BCUT2D eigenvalue weighted by Gasteiger charge is 2.17. The summed E-state index contributed by atoms with van der Waals surface area (Å²) in [5, 5.41) is 0. The number of Topliss-reactive ketones (excluding diaryl/α,β-unsaturated/α-hetero) is 1. The third kappa shape index (κ3) is 21.2. The first kappa shape index (κ1) is 38.8. The number of benzene rings is 2. The summed E-state index contributed by atoms with van der Waals surface area (Å²) < 4.78 is 22.6. The largest absolute Gasteiger partial charge is 0.779 e. The molecule has 242 valence electrons. The quantitative estimate of drug-likeness (QED) is 0.0678. The van der Waals surface area contributed by atoms with Crippen LogP contribution in [-0.2, 0) is 26.9 Å². The molecule has 2 aromatic carbocycles. The van der Waals surface area contributed by atoms with Crippen molar-refractivity contribution in [2.24, 2.45) is 5.92 Å². The Bertz CT molecular complexity index is 1040. The topological polar surface area (TPSA) is 112 Å². The van der Waals surface area contributed by atoms with E-state index in [1.807, 2.05) is 54.6 Å². The molecule has 2 rings (SSSR count). The van der Waals surface area contributed by atoms with Gasteiger partial charge in [-0.1, -0.05) is 113 Å². The molecule has 2 atom stereocenters. The number of ether oxygens (including phenoxy) is 1. The van der Waals surface area contributed by atoms with Gasteiger partial charge in [0.15, 0.2) is 0 Å². The summed E-state index contributed by atoms with van der Waals surface area (Å²) in [7, 11) is -3.85. The lowest BCUT2D eigenvalue weighted by Crippen LogP contribution is -2.18. The van der Waals surface area contributed by atoms with Crippen molar-refractivity contribution >= 4 is 13.4 Å². The van der Waals surface area contributed by atoms with Gasteiger partial charge in [0.05, 0.1) is 6.61 Å². The molecule has 6 nitrogen and oxygen atoms in total. The predicted octanol–water partition coefficient (Wildman–Crippen LogP) is 10.00. The van der Waals surface area contributed by atoms with Crippen LogP contribution in [0, 0.1) is 5.92 Å². The molecule has 43 heavy (non-hydrogen) atoms.